The van der Waals surface area contributed by atoms with Crippen molar-refractivity contribution in [3.8, 4) is 0 Å². The molecule has 1 N–H and O–H groups in total. The summed E-state index contributed by atoms with van der Waals surface area (Å²) in [7, 11) is 0. The third-order valence-electron chi connectivity index (χ3n) is 5.31. The van der Waals surface area contributed by atoms with Crippen LogP contribution in [0.4, 0.5) is 0 Å². The Kier molecular flexibility index (Phi) is 6.83. The second kappa shape index (κ2) is 9.18. The Morgan fingerprint density at radius 1 is 1.30 bits per heavy atom. The van der Waals surface area contributed by atoms with E-state index in [0.29, 0.717) is 17.1 Å². The minimum Gasteiger partial charge on any atom is -0.349 e. The monoisotopic (exact) mass is 441 g/mol. The van der Waals surface area contributed by atoms with Gasteiger partial charge >= 0.3 is 0 Å². The summed E-state index contributed by atoms with van der Waals surface area (Å²) in [5, 5.41) is 4.24. The normalized spacial score (nSPS) is 12.2. The molecule has 158 valence electrons. The first-order valence-electron chi connectivity index (χ1n) is 9.83. The van der Waals surface area contributed by atoms with E-state index in [0.717, 1.165) is 20.8 Å². The van der Waals surface area contributed by atoms with Gasteiger partial charge in [0, 0.05) is 11.4 Å². The highest BCUT2D eigenvalue weighted by Gasteiger charge is 2.18. The first-order valence-corrected chi connectivity index (χ1v) is 11.6. The molecule has 1 amide bonds. The number of nitrogens with zero attached hydrogens (tertiary/aromatic N) is 2. The Bertz CT molecular complexity index is 1180. The van der Waals surface area contributed by atoms with E-state index < -0.39 is 0 Å². The number of hydrogen-bond donors (Lipinski definition) is 1. The maximum atomic E-state index is 13.0. The third kappa shape index (κ3) is 4.52. The zero-order chi connectivity index (χ0) is 22.0. The van der Waals surface area contributed by atoms with Crippen LogP contribution in [0.15, 0.2) is 40.8 Å². The number of aryl methyl sites for hydroxylation is 4. The molecule has 7 heteroatoms. The van der Waals surface area contributed by atoms with Crippen LogP contribution < -0.4 is 10.9 Å². The number of amides is 1. The van der Waals surface area contributed by atoms with Crippen molar-refractivity contribution >= 4 is 39.2 Å². The van der Waals surface area contributed by atoms with Gasteiger partial charge in [0.1, 0.15) is 4.83 Å². The molecule has 0 saturated carbocycles. The fourth-order valence-electron chi connectivity index (χ4n) is 3.24. The van der Waals surface area contributed by atoms with Crippen molar-refractivity contribution < 1.29 is 4.79 Å². The predicted octanol–water partition coefficient (Wildman–Crippen LogP) is 4.85. The van der Waals surface area contributed by atoms with Crippen LogP contribution in [-0.2, 0) is 11.3 Å². The standard InChI is InChI=1S/C23H27N3O2S2/c1-7-10-26-22(28)20-15(4)17(6)30-21(20)25-23(26)29-12-19(27)24-16(5)18-9-8-13(2)14(3)11-18/h7-9,11,16H,1,10,12H2,2-6H3,(H,24,27). The van der Waals surface area contributed by atoms with Gasteiger partial charge in [0.05, 0.1) is 17.2 Å². The lowest BCUT2D eigenvalue weighted by atomic mass is 10.0. The van der Waals surface area contributed by atoms with Crippen LogP contribution in [0.3, 0.4) is 0 Å². The first kappa shape index (κ1) is 22.3. The molecule has 2 aromatic heterocycles. The van der Waals surface area contributed by atoms with E-state index >= 15 is 0 Å². The third-order valence-corrected chi connectivity index (χ3v) is 7.38. The SMILES string of the molecule is C=CCn1c(SCC(=O)NC(C)c2ccc(C)c(C)c2)nc2sc(C)c(C)c2c1=O. The summed E-state index contributed by atoms with van der Waals surface area (Å²) in [6, 6.07) is 6.12. The Hall–Kier alpha value is -2.38. The average molecular weight is 442 g/mol. The van der Waals surface area contributed by atoms with Crippen LogP contribution in [0.1, 0.15) is 40.1 Å². The van der Waals surface area contributed by atoms with E-state index in [1.165, 1.54) is 34.2 Å². The van der Waals surface area contributed by atoms with E-state index in [1.807, 2.05) is 26.8 Å². The second-order valence-corrected chi connectivity index (χ2v) is 9.63. The molecule has 0 fully saturated rings. The molecule has 30 heavy (non-hydrogen) atoms. The topological polar surface area (TPSA) is 64.0 Å². The number of hydrogen-bond acceptors (Lipinski definition) is 5. The van der Waals surface area contributed by atoms with Crippen molar-refractivity contribution in [3.05, 3.63) is 68.3 Å². The van der Waals surface area contributed by atoms with Gasteiger partial charge in [-0.2, -0.15) is 0 Å². The Labute approximate surface area is 185 Å². The largest absolute Gasteiger partial charge is 0.349 e. The van der Waals surface area contributed by atoms with Crippen LogP contribution >= 0.6 is 23.1 Å². The van der Waals surface area contributed by atoms with Gasteiger partial charge in [-0.05, 0) is 56.9 Å². The first-order chi connectivity index (χ1) is 14.2. The molecular weight excluding hydrogens is 414 g/mol. The fraction of sp³-hybridized carbons (Fsp3) is 0.348. The smallest absolute Gasteiger partial charge is 0.263 e. The number of thioether (sulfide) groups is 1. The van der Waals surface area contributed by atoms with Crippen molar-refractivity contribution in [2.45, 2.75) is 52.4 Å². The molecule has 1 unspecified atom stereocenters. The Morgan fingerprint density at radius 3 is 2.70 bits per heavy atom. The lowest BCUT2D eigenvalue weighted by molar-refractivity contribution is -0.119. The van der Waals surface area contributed by atoms with Gasteiger partial charge in [-0.15, -0.1) is 17.9 Å². The van der Waals surface area contributed by atoms with Gasteiger partial charge in [0.25, 0.3) is 5.56 Å². The van der Waals surface area contributed by atoms with E-state index in [-0.39, 0.29) is 23.3 Å². The van der Waals surface area contributed by atoms with E-state index in [1.54, 1.807) is 10.6 Å². The number of aromatic nitrogens is 2. The second-order valence-electron chi connectivity index (χ2n) is 7.48. The molecule has 2 heterocycles. The highest BCUT2D eigenvalue weighted by molar-refractivity contribution is 7.99. The summed E-state index contributed by atoms with van der Waals surface area (Å²) in [4.78, 5) is 32.1. The van der Waals surface area contributed by atoms with Gasteiger partial charge in [-0.3, -0.25) is 14.2 Å². The number of rotatable bonds is 7. The molecule has 0 radical (unpaired) electrons. The fourth-order valence-corrected chi connectivity index (χ4v) is 5.13. The van der Waals surface area contributed by atoms with Gasteiger partial charge in [-0.1, -0.05) is 36.0 Å². The van der Waals surface area contributed by atoms with Crippen molar-refractivity contribution in [3.63, 3.8) is 0 Å². The lowest BCUT2D eigenvalue weighted by Gasteiger charge is -2.16. The average Bonchev–Trinajstić information content (AvgIpc) is 2.98. The number of nitrogens with one attached hydrogen (secondary N) is 1. The predicted molar refractivity (Wildman–Crippen MR) is 127 cm³/mol. The molecule has 0 aliphatic carbocycles. The van der Waals surface area contributed by atoms with Crippen LogP contribution in [0.25, 0.3) is 10.2 Å². The molecule has 5 nitrogen and oxygen atoms in total. The number of benzene rings is 1. The highest BCUT2D eigenvalue weighted by atomic mass is 32.2. The minimum absolute atomic E-state index is 0.0758. The Balaban J connectivity index is 1.78. The summed E-state index contributed by atoms with van der Waals surface area (Å²) >= 11 is 2.80. The van der Waals surface area contributed by atoms with Crippen molar-refractivity contribution in [1.82, 2.24) is 14.9 Å². The van der Waals surface area contributed by atoms with Crippen LogP contribution in [-0.4, -0.2) is 21.2 Å². The van der Waals surface area contributed by atoms with Crippen molar-refractivity contribution in [1.29, 1.82) is 0 Å². The molecule has 0 aliphatic rings. The molecule has 0 saturated heterocycles. The molecule has 0 aliphatic heterocycles. The lowest BCUT2D eigenvalue weighted by Crippen LogP contribution is -2.29. The van der Waals surface area contributed by atoms with Crippen LogP contribution in [0.5, 0.6) is 0 Å². The van der Waals surface area contributed by atoms with Crippen molar-refractivity contribution in [2.75, 3.05) is 5.75 Å². The molecule has 3 aromatic rings. The number of carbonyl (C=O) groups is 1. The summed E-state index contributed by atoms with van der Waals surface area (Å²) < 4.78 is 1.60. The summed E-state index contributed by atoms with van der Waals surface area (Å²) in [5.74, 6) is 0.0944. The molecule has 0 bridgehead atoms. The number of carbonyl (C=O) groups excluding carboxylic acids is 1. The van der Waals surface area contributed by atoms with Crippen LogP contribution in [0.2, 0.25) is 0 Å². The molecule has 3 rings (SSSR count). The van der Waals surface area contributed by atoms with Gasteiger partial charge < -0.3 is 5.32 Å². The summed E-state index contributed by atoms with van der Waals surface area (Å²) in [5.41, 5.74) is 4.41. The molecule has 1 aromatic carbocycles. The summed E-state index contributed by atoms with van der Waals surface area (Å²) in [6.45, 7) is 14.2. The zero-order valence-corrected chi connectivity index (χ0v) is 19.7. The van der Waals surface area contributed by atoms with Crippen molar-refractivity contribution in [2.24, 2.45) is 0 Å². The maximum Gasteiger partial charge on any atom is 0.263 e. The van der Waals surface area contributed by atoms with Gasteiger partial charge in [-0.25, -0.2) is 4.98 Å². The minimum atomic E-state index is -0.0937. The molecule has 1 atom stereocenters. The molecule has 0 spiro atoms. The van der Waals surface area contributed by atoms with Gasteiger partial charge in [0.2, 0.25) is 5.91 Å². The van der Waals surface area contributed by atoms with Crippen LogP contribution in [0, 0.1) is 27.7 Å². The highest BCUT2D eigenvalue weighted by Crippen LogP contribution is 2.28. The maximum absolute atomic E-state index is 13.0. The van der Waals surface area contributed by atoms with Gasteiger partial charge in [0.15, 0.2) is 5.16 Å². The van der Waals surface area contributed by atoms with E-state index in [4.69, 9.17) is 0 Å². The quantitative estimate of drug-likeness (QED) is 0.323. The summed E-state index contributed by atoms with van der Waals surface area (Å²) in [6.07, 6.45) is 1.68. The zero-order valence-electron chi connectivity index (χ0n) is 18.0. The number of allylic oxidation sites excluding steroid dienone is 1. The number of fused-ring (bicyclic) bond motifs is 1. The Morgan fingerprint density at radius 2 is 2.03 bits per heavy atom. The molecular formula is C23H27N3O2S2. The van der Waals surface area contributed by atoms with E-state index in [2.05, 4.69) is 42.9 Å². The number of thiophene rings is 1. The van der Waals surface area contributed by atoms with E-state index in [9.17, 15) is 9.59 Å².